The number of benzene rings is 1. The van der Waals surface area contributed by atoms with Crippen LogP contribution in [0.15, 0.2) is 24.3 Å². The van der Waals surface area contributed by atoms with Gasteiger partial charge in [0.2, 0.25) is 0 Å². The predicted octanol–water partition coefficient (Wildman–Crippen LogP) is 2.59. The van der Waals surface area contributed by atoms with E-state index in [0.717, 1.165) is 38.3 Å². The van der Waals surface area contributed by atoms with Crippen molar-refractivity contribution < 1.29 is 9.53 Å². The molecule has 4 heteroatoms. The number of nitrogens with zero attached hydrogens (tertiary/aromatic N) is 1. The van der Waals surface area contributed by atoms with Crippen LogP contribution in [0.2, 0.25) is 0 Å². The molecule has 0 radical (unpaired) electrons. The minimum Gasteiger partial charge on any atom is -0.497 e. The Morgan fingerprint density at radius 1 is 1.24 bits per heavy atom. The number of Topliss-reactive ketones (excluding diaryl/α,β-unsaturated/α-hetero) is 1. The van der Waals surface area contributed by atoms with Gasteiger partial charge in [-0.25, -0.2) is 0 Å². The molecule has 1 rings (SSSR count). The molecule has 118 valence electrons. The molecule has 0 atom stereocenters. The summed E-state index contributed by atoms with van der Waals surface area (Å²) in [6.07, 6.45) is 2.27. The fourth-order valence-electron chi connectivity index (χ4n) is 2.23. The maximum atomic E-state index is 12.0. The third-order valence-electron chi connectivity index (χ3n) is 3.65. The second kappa shape index (κ2) is 10.4. The smallest absolute Gasteiger partial charge is 0.176 e. The largest absolute Gasteiger partial charge is 0.497 e. The van der Waals surface area contributed by atoms with Crippen LogP contribution in [-0.2, 0) is 0 Å². The van der Waals surface area contributed by atoms with Crippen LogP contribution in [0.4, 0.5) is 0 Å². The number of carbonyl (C=O) groups excluding carboxylic acids is 1. The van der Waals surface area contributed by atoms with Crippen LogP contribution < -0.4 is 10.1 Å². The molecule has 0 bridgehead atoms. The summed E-state index contributed by atoms with van der Waals surface area (Å²) >= 11 is 0. The monoisotopic (exact) mass is 292 g/mol. The number of hydrogen-bond acceptors (Lipinski definition) is 4. The van der Waals surface area contributed by atoms with Gasteiger partial charge in [-0.1, -0.05) is 26.0 Å². The molecule has 1 N–H and O–H groups in total. The predicted molar refractivity (Wildman–Crippen MR) is 87.2 cm³/mol. The van der Waals surface area contributed by atoms with Gasteiger partial charge in [-0.15, -0.1) is 0 Å². The summed E-state index contributed by atoms with van der Waals surface area (Å²) in [5.74, 6) is 0.831. The van der Waals surface area contributed by atoms with Crippen molar-refractivity contribution in [1.29, 1.82) is 0 Å². The van der Waals surface area contributed by atoms with Gasteiger partial charge in [0.05, 0.1) is 13.7 Å². The Hall–Kier alpha value is -1.39. The fraction of sp³-hybridized carbons (Fsp3) is 0.588. The normalized spacial score (nSPS) is 10.9. The van der Waals surface area contributed by atoms with E-state index >= 15 is 0 Å². The average molecular weight is 292 g/mol. The number of carbonyl (C=O) groups is 1. The lowest BCUT2D eigenvalue weighted by molar-refractivity contribution is 0.0990. The molecule has 0 heterocycles. The van der Waals surface area contributed by atoms with Crippen LogP contribution in [-0.4, -0.2) is 50.5 Å². The van der Waals surface area contributed by atoms with E-state index in [1.54, 1.807) is 13.2 Å². The van der Waals surface area contributed by atoms with Crippen LogP contribution in [0, 0.1) is 0 Å². The summed E-state index contributed by atoms with van der Waals surface area (Å²) in [7, 11) is 1.61. The highest BCUT2D eigenvalue weighted by Gasteiger charge is 2.06. The lowest BCUT2D eigenvalue weighted by Crippen LogP contribution is -2.26. The molecule has 0 aliphatic carbocycles. The van der Waals surface area contributed by atoms with Gasteiger partial charge >= 0.3 is 0 Å². The minimum absolute atomic E-state index is 0.109. The number of unbranched alkanes of at least 4 members (excludes halogenated alkanes) is 1. The number of nitrogens with one attached hydrogen (secondary N) is 1. The van der Waals surface area contributed by atoms with Crippen molar-refractivity contribution >= 4 is 5.78 Å². The number of hydrogen-bond donors (Lipinski definition) is 1. The van der Waals surface area contributed by atoms with Crippen molar-refractivity contribution in [2.45, 2.75) is 26.7 Å². The van der Waals surface area contributed by atoms with E-state index < -0.39 is 0 Å². The fourth-order valence-corrected chi connectivity index (χ4v) is 2.23. The van der Waals surface area contributed by atoms with Crippen LogP contribution in [0.1, 0.15) is 37.0 Å². The Bertz CT molecular complexity index is 417. The Kier molecular flexibility index (Phi) is 8.71. The molecule has 0 saturated carbocycles. The van der Waals surface area contributed by atoms with E-state index in [4.69, 9.17) is 4.74 Å². The van der Waals surface area contributed by atoms with E-state index in [-0.39, 0.29) is 5.78 Å². The van der Waals surface area contributed by atoms with Crippen LogP contribution >= 0.6 is 0 Å². The lowest BCUT2D eigenvalue weighted by Gasteiger charge is -2.17. The van der Waals surface area contributed by atoms with E-state index in [0.29, 0.717) is 12.1 Å². The van der Waals surface area contributed by atoms with Gasteiger partial charge in [-0.05, 0) is 51.2 Å². The number of ketones is 1. The van der Waals surface area contributed by atoms with Crippen molar-refractivity contribution in [3.63, 3.8) is 0 Å². The van der Waals surface area contributed by atoms with Crippen molar-refractivity contribution in [2.24, 2.45) is 0 Å². The molecule has 1 aromatic carbocycles. The van der Waals surface area contributed by atoms with Gasteiger partial charge in [-0.2, -0.15) is 0 Å². The van der Waals surface area contributed by atoms with Crippen LogP contribution in [0.5, 0.6) is 5.75 Å². The van der Waals surface area contributed by atoms with E-state index in [1.807, 2.05) is 18.2 Å². The molecule has 0 saturated heterocycles. The zero-order chi connectivity index (χ0) is 15.5. The maximum absolute atomic E-state index is 12.0. The first-order valence-corrected chi connectivity index (χ1v) is 7.81. The standard InChI is InChI=1S/C17H28N2O2/c1-4-19(5-2)12-7-6-11-18-14-17(20)15-9-8-10-16(13-15)21-3/h8-10,13,18H,4-7,11-12,14H2,1-3H3. The average Bonchev–Trinajstić information content (AvgIpc) is 2.54. The highest BCUT2D eigenvalue weighted by Crippen LogP contribution is 2.12. The van der Waals surface area contributed by atoms with E-state index in [9.17, 15) is 4.79 Å². The molecule has 1 aromatic rings. The van der Waals surface area contributed by atoms with Crippen molar-refractivity contribution in [3.05, 3.63) is 29.8 Å². The van der Waals surface area contributed by atoms with Gasteiger partial charge in [0.1, 0.15) is 5.75 Å². The molecule has 0 amide bonds. The zero-order valence-corrected chi connectivity index (χ0v) is 13.5. The first-order chi connectivity index (χ1) is 10.2. The van der Waals surface area contributed by atoms with E-state index in [1.165, 1.54) is 6.42 Å². The van der Waals surface area contributed by atoms with E-state index in [2.05, 4.69) is 24.1 Å². The SMILES string of the molecule is CCN(CC)CCCCNCC(=O)c1cccc(OC)c1. The summed E-state index contributed by atoms with van der Waals surface area (Å²) in [6, 6.07) is 7.30. The molecular formula is C17H28N2O2. The molecule has 0 unspecified atom stereocenters. The van der Waals surface area contributed by atoms with Gasteiger partial charge in [-0.3, -0.25) is 4.79 Å². The summed E-state index contributed by atoms with van der Waals surface area (Å²) in [5.41, 5.74) is 0.699. The summed E-state index contributed by atoms with van der Waals surface area (Å²) in [6.45, 7) is 9.01. The lowest BCUT2D eigenvalue weighted by atomic mass is 10.1. The van der Waals surface area contributed by atoms with Gasteiger partial charge < -0.3 is 15.0 Å². The third-order valence-corrected chi connectivity index (χ3v) is 3.65. The zero-order valence-electron chi connectivity index (χ0n) is 13.5. The molecule has 0 fully saturated rings. The second-order valence-electron chi connectivity index (χ2n) is 5.07. The molecule has 0 spiro atoms. The Balaban J connectivity index is 2.19. The topological polar surface area (TPSA) is 41.6 Å². The molecule has 0 aliphatic rings. The second-order valence-corrected chi connectivity index (χ2v) is 5.07. The van der Waals surface area contributed by atoms with Gasteiger partial charge in [0, 0.05) is 5.56 Å². The number of ether oxygens (including phenoxy) is 1. The number of rotatable bonds is 11. The Labute approximate surface area is 128 Å². The first kappa shape index (κ1) is 17.7. The van der Waals surface area contributed by atoms with Crippen molar-refractivity contribution in [1.82, 2.24) is 10.2 Å². The van der Waals surface area contributed by atoms with Crippen molar-refractivity contribution in [2.75, 3.05) is 39.8 Å². The highest BCUT2D eigenvalue weighted by atomic mass is 16.5. The molecular weight excluding hydrogens is 264 g/mol. The minimum atomic E-state index is 0.109. The van der Waals surface area contributed by atoms with Gasteiger partial charge in [0.15, 0.2) is 5.78 Å². The molecule has 0 aromatic heterocycles. The number of methoxy groups -OCH3 is 1. The van der Waals surface area contributed by atoms with Crippen molar-refractivity contribution in [3.8, 4) is 5.75 Å². The highest BCUT2D eigenvalue weighted by molar-refractivity contribution is 5.97. The first-order valence-electron chi connectivity index (χ1n) is 7.81. The Morgan fingerprint density at radius 3 is 2.67 bits per heavy atom. The Morgan fingerprint density at radius 2 is 2.00 bits per heavy atom. The maximum Gasteiger partial charge on any atom is 0.176 e. The summed E-state index contributed by atoms with van der Waals surface area (Å²) < 4.78 is 5.13. The van der Waals surface area contributed by atoms with Gasteiger partial charge in [0.25, 0.3) is 0 Å². The molecule has 4 nitrogen and oxygen atoms in total. The quantitative estimate of drug-likeness (QED) is 0.503. The third kappa shape index (κ3) is 6.74. The van der Waals surface area contributed by atoms with Crippen LogP contribution in [0.25, 0.3) is 0 Å². The summed E-state index contributed by atoms with van der Waals surface area (Å²) in [5, 5.41) is 3.22. The summed E-state index contributed by atoms with van der Waals surface area (Å²) in [4.78, 5) is 14.4. The molecule has 0 aliphatic heterocycles. The van der Waals surface area contributed by atoms with Crippen LogP contribution in [0.3, 0.4) is 0 Å². The molecule has 21 heavy (non-hydrogen) atoms.